The van der Waals surface area contributed by atoms with Crippen molar-refractivity contribution in [3.05, 3.63) is 48.0 Å². The summed E-state index contributed by atoms with van der Waals surface area (Å²) in [6, 6.07) is 8.13. The number of fused-ring (bicyclic) bond motifs is 1. The molecule has 2 aliphatic rings. The average molecular weight is 392 g/mol. The third-order valence-corrected chi connectivity index (χ3v) is 5.86. The van der Waals surface area contributed by atoms with Gasteiger partial charge in [0.25, 0.3) is 5.91 Å². The van der Waals surface area contributed by atoms with Gasteiger partial charge in [-0.1, -0.05) is 0 Å². The largest absolute Gasteiger partial charge is 0.363 e. The number of carbonyl (C=O) groups excluding carboxylic acids is 1. The standard InChI is InChI=1S/C20H23F3N4O/c1-20(2)11-13-12-25(18(28)16-7-10-26(24-16)19(22)23)9-8-17(13)27(20)15-5-3-14(21)4-6-15/h3-7,10,13,17,19H,8-9,11-12H2,1-2H3/t13-,17+/m1/s1. The maximum absolute atomic E-state index is 13.3. The Kier molecular flexibility index (Phi) is 4.59. The number of rotatable bonds is 3. The Bertz CT molecular complexity index is 865. The molecule has 0 spiro atoms. The number of carbonyl (C=O) groups is 1. The molecule has 2 fully saturated rings. The van der Waals surface area contributed by atoms with E-state index in [-0.39, 0.29) is 34.9 Å². The number of nitrogens with zero attached hydrogens (tertiary/aromatic N) is 4. The van der Waals surface area contributed by atoms with E-state index in [1.165, 1.54) is 18.2 Å². The van der Waals surface area contributed by atoms with Crippen LogP contribution in [0.25, 0.3) is 0 Å². The van der Waals surface area contributed by atoms with E-state index < -0.39 is 6.55 Å². The summed E-state index contributed by atoms with van der Waals surface area (Å²) in [5.74, 6) is -0.313. The van der Waals surface area contributed by atoms with E-state index in [0.29, 0.717) is 17.8 Å². The highest BCUT2D eigenvalue weighted by Crippen LogP contribution is 2.44. The van der Waals surface area contributed by atoms with Crippen LogP contribution in [0.2, 0.25) is 0 Å². The SMILES string of the molecule is CC1(C)C[C@@H]2CN(C(=O)c3ccn(C(F)F)n3)CC[C@@H]2N1c1ccc(F)cc1. The van der Waals surface area contributed by atoms with Crippen LogP contribution in [-0.2, 0) is 0 Å². The molecule has 28 heavy (non-hydrogen) atoms. The summed E-state index contributed by atoms with van der Waals surface area (Å²) in [4.78, 5) is 16.8. The van der Waals surface area contributed by atoms with Crippen molar-refractivity contribution in [2.24, 2.45) is 5.92 Å². The molecule has 0 saturated carbocycles. The molecular formula is C20H23F3N4O. The molecule has 3 heterocycles. The van der Waals surface area contributed by atoms with Gasteiger partial charge in [0, 0.05) is 36.6 Å². The predicted molar refractivity (Wildman–Crippen MR) is 98.9 cm³/mol. The number of aromatic nitrogens is 2. The second-order valence-electron chi connectivity index (χ2n) is 8.19. The van der Waals surface area contributed by atoms with Crippen molar-refractivity contribution >= 4 is 11.6 Å². The highest BCUT2D eigenvalue weighted by atomic mass is 19.3. The molecule has 0 bridgehead atoms. The van der Waals surface area contributed by atoms with Crippen LogP contribution < -0.4 is 4.90 Å². The number of benzene rings is 1. The van der Waals surface area contributed by atoms with Gasteiger partial charge in [0.1, 0.15) is 5.82 Å². The Morgan fingerprint density at radius 1 is 1.21 bits per heavy atom. The lowest BCUT2D eigenvalue weighted by atomic mass is 9.89. The number of halogens is 3. The molecule has 0 radical (unpaired) electrons. The molecule has 0 unspecified atom stereocenters. The predicted octanol–water partition coefficient (Wildman–Crippen LogP) is 3.94. The third kappa shape index (κ3) is 3.25. The van der Waals surface area contributed by atoms with Gasteiger partial charge in [0.15, 0.2) is 5.69 Å². The lowest BCUT2D eigenvalue weighted by Gasteiger charge is -2.41. The lowest BCUT2D eigenvalue weighted by molar-refractivity contribution is 0.0541. The average Bonchev–Trinajstić information content (AvgIpc) is 3.23. The molecule has 8 heteroatoms. The van der Waals surface area contributed by atoms with Gasteiger partial charge in [0.2, 0.25) is 0 Å². The van der Waals surface area contributed by atoms with Crippen LogP contribution in [-0.4, -0.2) is 45.3 Å². The summed E-state index contributed by atoms with van der Waals surface area (Å²) in [6.07, 6.45) is 2.79. The van der Waals surface area contributed by atoms with E-state index in [1.54, 1.807) is 17.0 Å². The highest BCUT2D eigenvalue weighted by molar-refractivity contribution is 5.92. The summed E-state index contributed by atoms with van der Waals surface area (Å²) < 4.78 is 39.3. The normalized spacial score (nSPS) is 23.9. The van der Waals surface area contributed by atoms with E-state index in [4.69, 9.17) is 0 Å². The van der Waals surface area contributed by atoms with Crippen molar-refractivity contribution in [3.63, 3.8) is 0 Å². The van der Waals surface area contributed by atoms with Crippen molar-refractivity contribution in [1.82, 2.24) is 14.7 Å². The second-order valence-corrected chi connectivity index (χ2v) is 8.19. The highest BCUT2D eigenvalue weighted by Gasteiger charge is 2.48. The van der Waals surface area contributed by atoms with Gasteiger partial charge < -0.3 is 9.80 Å². The molecule has 2 saturated heterocycles. The smallest absolute Gasteiger partial charge is 0.333 e. The summed E-state index contributed by atoms with van der Waals surface area (Å²) in [6.45, 7) is 2.66. The van der Waals surface area contributed by atoms with Crippen LogP contribution in [0, 0.1) is 11.7 Å². The molecule has 2 aromatic rings. The van der Waals surface area contributed by atoms with Crippen LogP contribution in [0.5, 0.6) is 0 Å². The van der Waals surface area contributed by atoms with E-state index in [1.807, 2.05) is 0 Å². The Hall–Kier alpha value is -2.51. The minimum atomic E-state index is -2.76. The summed E-state index contributed by atoms with van der Waals surface area (Å²) in [5.41, 5.74) is 0.907. The molecule has 0 N–H and O–H groups in total. The van der Waals surface area contributed by atoms with Gasteiger partial charge in [-0.2, -0.15) is 13.9 Å². The number of hydrogen-bond donors (Lipinski definition) is 0. The number of likely N-dealkylation sites (tertiary alicyclic amines) is 1. The zero-order valence-electron chi connectivity index (χ0n) is 15.9. The fourth-order valence-electron chi connectivity index (χ4n) is 4.80. The molecule has 1 amide bonds. The van der Waals surface area contributed by atoms with Gasteiger partial charge >= 0.3 is 6.55 Å². The van der Waals surface area contributed by atoms with Gasteiger partial charge in [-0.05, 0) is 62.9 Å². The fourth-order valence-corrected chi connectivity index (χ4v) is 4.80. The van der Waals surface area contributed by atoms with E-state index >= 15 is 0 Å². The zero-order valence-corrected chi connectivity index (χ0v) is 15.9. The topological polar surface area (TPSA) is 41.4 Å². The summed E-state index contributed by atoms with van der Waals surface area (Å²) >= 11 is 0. The Labute approximate surface area is 161 Å². The summed E-state index contributed by atoms with van der Waals surface area (Å²) in [7, 11) is 0. The molecule has 1 aromatic carbocycles. The molecule has 2 aliphatic heterocycles. The maximum Gasteiger partial charge on any atom is 0.333 e. The number of piperidine rings is 1. The first kappa shape index (κ1) is 18.8. The molecular weight excluding hydrogens is 369 g/mol. The molecule has 2 atom stereocenters. The van der Waals surface area contributed by atoms with E-state index in [9.17, 15) is 18.0 Å². The van der Waals surface area contributed by atoms with Crippen molar-refractivity contribution in [2.75, 3.05) is 18.0 Å². The van der Waals surface area contributed by atoms with Crippen LogP contribution in [0.15, 0.2) is 36.5 Å². The van der Waals surface area contributed by atoms with Crippen LogP contribution in [0.3, 0.4) is 0 Å². The van der Waals surface area contributed by atoms with Crippen molar-refractivity contribution < 1.29 is 18.0 Å². The third-order valence-electron chi connectivity index (χ3n) is 5.86. The molecule has 150 valence electrons. The first-order chi connectivity index (χ1) is 13.3. The van der Waals surface area contributed by atoms with Gasteiger partial charge in [-0.3, -0.25) is 4.79 Å². The van der Waals surface area contributed by atoms with Gasteiger partial charge in [-0.15, -0.1) is 0 Å². The molecule has 1 aromatic heterocycles. The van der Waals surface area contributed by atoms with Crippen LogP contribution >= 0.6 is 0 Å². The van der Waals surface area contributed by atoms with E-state index in [2.05, 4.69) is 23.8 Å². The fraction of sp³-hybridized carbons (Fsp3) is 0.500. The van der Waals surface area contributed by atoms with Crippen LogP contribution in [0.4, 0.5) is 18.9 Å². The van der Waals surface area contributed by atoms with Crippen molar-refractivity contribution in [3.8, 4) is 0 Å². The minimum absolute atomic E-state index is 0.0476. The Balaban J connectivity index is 1.51. The lowest BCUT2D eigenvalue weighted by Crippen LogP contribution is -2.50. The molecule has 0 aliphatic carbocycles. The number of anilines is 1. The summed E-state index contributed by atoms with van der Waals surface area (Å²) in [5, 5.41) is 3.70. The Morgan fingerprint density at radius 3 is 2.57 bits per heavy atom. The number of amides is 1. The van der Waals surface area contributed by atoms with E-state index in [0.717, 1.165) is 24.7 Å². The van der Waals surface area contributed by atoms with Crippen molar-refractivity contribution in [1.29, 1.82) is 0 Å². The number of hydrogen-bond acceptors (Lipinski definition) is 3. The van der Waals surface area contributed by atoms with Crippen LogP contribution in [0.1, 0.15) is 43.7 Å². The number of alkyl halides is 2. The second kappa shape index (κ2) is 6.83. The minimum Gasteiger partial charge on any atom is -0.363 e. The first-order valence-corrected chi connectivity index (χ1v) is 9.44. The molecule has 4 rings (SSSR count). The maximum atomic E-state index is 13.3. The first-order valence-electron chi connectivity index (χ1n) is 9.44. The van der Waals surface area contributed by atoms with Crippen molar-refractivity contribution in [2.45, 2.75) is 44.8 Å². The quantitative estimate of drug-likeness (QED) is 0.795. The monoisotopic (exact) mass is 392 g/mol. The Morgan fingerprint density at radius 2 is 1.93 bits per heavy atom. The van der Waals surface area contributed by atoms with Gasteiger partial charge in [0.05, 0.1) is 0 Å². The zero-order chi connectivity index (χ0) is 20.1. The molecule has 5 nitrogen and oxygen atoms in total. The van der Waals surface area contributed by atoms with Gasteiger partial charge in [-0.25, -0.2) is 9.07 Å².